The number of para-hydroxylation sites is 1. The smallest absolute Gasteiger partial charge is 0.338 e. The summed E-state index contributed by atoms with van der Waals surface area (Å²) < 4.78 is 6.80. The summed E-state index contributed by atoms with van der Waals surface area (Å²) in [4.78, 5) is 24.2. The second kappa shape index (κ2) is 9.53. The number of benzene rings is 2. The SMILES string of the molecule is Cc1cccc(C)c1-n1nnnc1SCC(=O)Nc1ccc(C(=O)OC(C)C)cc1. The first-order valence-corrected chi connectivity index (χ1v) is 10.4. The minimum Gasteiger partial charge on any atom is -0.459 e. The van der Waals surface area contributed by atoms with Crippen LogP contribution in [0.3, 0.4) is 0 Å². The Hall–Kier alpha value is -3.20. The number of hydrogen-bond donors (Lipinski definition) is 1. The van der Waals surface area contributed by atoms with E-state index in [0.717, 1.165) is 16.8 Å². The fourth-order valence-electron chi connectivity index (χ4n) is 2.85. The molecule has 0 aliphatic heterocycles. The van der Waals surface area contributed by atoms with Gasteiger partial charge in [0.2, 0.25) is 11.1 Å². The van der Waals surface area contributed by atoms with E-state index in [2.05, 4.69) is 20.8 Å². The van der Waals surface area contributed by atoms with Crippen molar-refractivity contribution in [1.82, 2.24) is 20.2 Å². The van der Waals surface area contributed by atoms with Crippen LogP contribution in [-0.4, -0.2) is 43.9 Å². The molecule has 1 heterocycles. The van der Waals surface area contributed by atoms with Gasteiger partial charge in [0.25, 0.3) is 0 Å². The van der Waals surface area contributed by atoms with Crippen molar-refractivity contribution < 1.29 is 14.3 Å². The highest BCUT2D eigenvalue weighted by Gasteiger charge is 2.15. The minimum absolute atomic E-state index is 0.141. The molecule has 8 nitrogen and oxygen atoms in total. The van der Waals surface area contributed by atoms with Crippen molar-refractivity contribution in [2.24, 2.45) is 0 Å². The van der Waals surface area contributed by atoms with Gasteiger partial charge in [0.1, 0.15) is 0 Å². The number of aryl methyl sites for hydroxylation is 2. The molecule has 3 rings (SSSR count). The van der Waals surface area contributed by atoms with Crippen molar-refractivity contribution in [2.45, 2.75) is 39.0 Å². The number of amides is 1. The largest absolute Gasteiger partial charge is 0.459 e. The Balaban J connectivity index is 1.61. The van der Waals surface area contributed by atoms with E-state index in [0.29, 0.717) is 16.4 Å². The lowest BCUT2D eigenvalue weighted by Gasteiger charge is -2.11. The van der Waals surface area contributed by atoms with E-state index in [4.69, 9.17) is 4.74 Å². The molecule has 0 radical (unpaired) electrons. The van der Waals surface area contributed by atoms with Gasteiger partial charge < -0.3 is 10.1 Å². The van der Waals surface area contributed by atoms with Crippen molar-refractivity contribution in [1.29, 1.82) is 0 Å². The van der Waals surface area contributed by atoms with Crippen molar-refractivity contribution in [3.05, 3.63) is 59.2 Å². The molecule has 0 atom stereocenters. The third-order valence-corrected chi connectivity index (χ3v) is 5.09. The zero-order valence-electron chi connectivity index (χ0n) is 17.2. The number of rotatable bonds is 7. The third-order valence-electron chi connectivity index (χ3n) is 4.17. The van der Waals surface area contributed by atoms with Gasteiger partial charge in [-0.05, 0) is 73.5 Å². The van der Waals surface area contributed by atoms with Crippen LogP contribution in [0.15, 0.2) is 47.6 Å². The standard InChI is InChI=1S/C21H23N5O3S/c1-13(2)29-20(28)16-8-10-17(11-9-16)22-18(27)12-30-21-23-24-25-26(21)19-14(3)6-5-7-15(19)4/h5-11,13H,12H2,1-4H3,(H,22,27). The van der Waals surface area contributed by atoms with Gasteiger partial charge >= 0.3 is 5.97 Å². The molecular formula is C21H23N5O3S. The predicted molar refractivity (Wildman–Crippen MR) is 115 cm³/mol. The van der Waals surface area contributed by atoms with Gasteiger partial charge in [-0.15, -0.1) is 5.10 Å². The van der Waals surface area contributed by atoms with Crippen LogP contribution in [0.1, 0.15) is 35.3 Å². The van der Waals surface area contributed by atoms with E-state index in [9.17, 15) is 9.59 Å². The van der Waals surface area contributed by atoms with Crippen LogP contribution in [0.25, 0.3) is 5.69 Å². The number of thioether (sulfide) groups is 1. The zero-order chi connectivity index (χ0) is 21.7. The highest BCUT2D eigenvalue weighted by molar-refractivity contribution is 7.99. The van der Waals surface area contributed by atoms with E-state index in [1.807, 2.05) is 32.0 Å². The summed E-state index contributed by atoms with van der Waals surface area (Å²) >= 11 is 1.25. The monoisotopic (exact) mass is 425 g/mol. The summed E-state index contributed by atoms with van der Waals surface area (Å²) in [6.07, 6.45) is -0.186. The number of ether oxygens (including phenoxy) is 1. The first-order valence-electron chi connectivity index (χ1n) is 9.44. The number of carbonyl (C=O) groups excluding carboxylic acids is 2. The molecule has 0 fully saturated rings. The number of hydrogen-bond acceptors (Lipinski definition) is 7. The number of nitrogens with one attached hydrogen (secondary N) is 1. The van der Waals surface area contributed by atoms with Crippen molar-refractivity contribution in [3.8, 4) is 5.69 Å². The normalized spacial score (nSPS) is 10.8. The van der Waals surface area contributed by atoms with E-state index in [1.54, 1.807) is 42.8 Å². The molecule has 0 saturated heterocycles. The van der Waals surface area contributed by atoms with Crippen LogP contribution in [-0.2, 0) is 9.53 Å². The molecule has 156 valence electrons. The summed E-state index contributed by atoms with van der Waals surface area (Å²) in [5, 5.41) is 15.2. The van der Waals surface area contributed by atoms with Crippen molar-refractivity contribution in [3.63, 3.8) is 0 Å². The molecule has 30 heavy (non-hydrogen) atoms. The van der Waals surface area contributed by atoms with Crippen LogP contribution in [0.2, 0.25) is 0 Å². The molecule has 9 heteroatoms. The van der Waals surface area contributed by atoms with Gasteiger partial charge in [-0.25, -0.2) is 4.79 Å². The number of carbonyl (C=O) groups is 2. The Morgan fingerprint density at radius 1 is 1.10 bits per heavy atom. The molecule has 0 aliphatic rings. The molecule has 1 aromatic heterocycles. The fraction of sp³-hybridized carbons (Fsp3) is 0.286. The Morgan fingerprint density at radius 3 is 2.40 bits per heavy atom. The number of anilines is 1. The lowest BCUT2D eigenvalue weighted by atomic mass is 10.1. The van der Waals surface area contributed by atoms with Crippen LogP contribution < -0.4 is 5.32 Å². The molecule has 0 aliphatic carbocycles. The topological polar surface area (TPSA) is 99.0 Å². The molecule has 1 amide bonds. The Morgan fingerprint density at radius 2 is 1.77 bits per heavy atom. The Labute approximate surface area is 179 Å². The van der Waals surface area contributed by atoms with Crippen molar-refractivity contribution in [2.75, 3.05) is 11.1 Å². The van der Waals surface area contributed by atoms with E-state index in [1.165, 1.54) is 11.8 Å². The molecule has 0 bridgehead atoms. The van der Waals surface area contributed by atoms with Gasteiger partial charge in [-0.3, -0.25) is 4.79 Å². The molecule has 0 unspecified atom stereocenters. The number of tetrazole rings is 1. The number of nitrogens with zero attached hydrogens (tertiary/aromatic N) is 4. The lowest BCUT2D eigenvalue weighted by Crippen LogP contribution is -2.15. The molecular weight excluding hydrogens is 402 g/mol. The van der Waals surface area contributed by atoms with Crippen LogP contribution in [0, 0.1) is 13.8 Å². The molecule has 0 saturated carbocycles. The average molecular weight is 426 g/mol. The highest BCUT2D eigenvalue weighted by Crippen LogP contribution is 2.23. The third kappa shape index (κ3) is 5.24. The van der Waals surface area contributed by atoms with Crippen LogP contribution in [0.4, 0.5) is 5.69 Å². The average Bonchev–Trinajstić information content (AvgIpc) is 3.14. The lowest BCUT2D eigenvalue weighted by molar-refractivity contribution is -0.113. The van der Waals surface area contributed by atoms with Crippen LogP contribution in [0.5, 0.6) is 0 Å². The summed E-state index contributed by atoms with van der Waals surface area (Å²) in [5.41, 5.74) is 4.03. The Kier molecular flexibility index (Phi) is 6.83. The van der Waals surface area contributed by atoms with Crippen molar-refractivity contribution >= 4 is 29.3 Å². The van der Waals surface area contributed by atoms with Gasteiger partial charge in [-0.2, -0.15) is 4.68 Å². The maximum absolute atomic E-state index is 12.4. The molecule has 0 spiro atoms. The zero-order valence-corrected chi connectivity index (χ0v) is 18.1. The molecule has 3 aromatic rings. The highest BCUT2D eigenvalue weighted by atomic mass is 32.2. The summed E-state index contributed by atoms with van der Waals surface area (Å²) in [6.45, 7) is 7.57. The van der Waals surface area contributed by atoms with Gasteiger partial charge in [0.15, 0.2) is 0 Å². The second-order valence-electron chi connectivity index (χ2n) is 6.98. The number of aromatic nitrogens is 4. The van der Waals surface area contributed by atoms with Crippen LogP contribution >= 0.6 is 11.8 Å². The summed E-state index contributed by atoms with van der Waals surface area (Å²) in [5.74, 6) is -0.451. The molecule has 2 aromatic carbocycles. The first-order chi connectivity index (χ1) is 14.3. The maximum Gasteiger partial charge on any atom is 0.338 e. The van der Waals surface area contributed by atoms with E-state index < -0.39 is 5.97 Å². The van der Waals surface area contributed by atoms with E-state index >= 15 is 0 Å². The quantitative estimate of drug-likeness (QED) is 0.456. The maximum atomic E-state index is 12.4. The minimum atomic E-state index is -0.392. The summed E-state index contributed by atoms with van der Waals surface area (Å²) in [7, 11) is 0. The van der Waals surface area contributed by atoms with Gasteiger partial charge in [0.05, 0.1) is 23.1 Å². The Bertz CT molecular complexity index is 1030. The summed E-state index contributed by atoms with van der Waals surface area (Å²) in [6, 6.07) is 12.5. The first kappa shape index (κ1) is 21.5. The fourth-order valence-corrected chi connectivity index (χ4v) is 3.52. The van der Waals surface area contributed by atoms with Gasteiger partial charge in [-0.1, -0.05) is 30.0 Å². The molecule has 1 N–H and O–H groups in total. The predicted octanol–water partition coefficient (Wildman–Crippen LogP) is 3.58. The second-order valence-corrected chi connectivity index (χ2v) is 7.92. The number of esters is 1. The van der Waals surface area contributed by atoms with Gasteiger partial charge in [0, 0.05) is 5.69 Å². The van der Waals surface area contributed by atoms with E-state index in [-0.39, 0.29) is 17.8 Å².